The summed E-state index contributed by atoms with van der Waals surface area (Å²) in [6.45, 7) is 0. The molecule has 0 atom stereocenters. The van der Waals surface area contributed by atoms with Crippen LogP contribution in [0, 0.1) is 0 Å². The Hall–Kier alpha value is -3.48. The van der Waals surface area contributed by atoms with Gasteiger partial charge in [-0.3, -0.25) is 4.79 Å². The van der Waals surface area contributed by atoms with Crippen molar-refractivity contribution in [3.05, 3.63) is 65.9 Å². The number of nitrogens with zero attached hydrogens (tertiary/aromatic N) is 3. The van der Waals surface area contributed by atoms with Gasteiger partial charge < -0.3 is 10.8 Å². The molecule has 0 aliphatic rings. The van der Waals surface area contributed by atoms with E-state index in [2.05, 4.69) is 10.3 Å². The van der Waals surface area contributed by atoms with Crippen LogP contribution in [0.2, 0.25) is 0 Å². The molecule has 3 N–H and O–H groups in total. The van der Waals surface area contributed by atoms with E-state index in [1.807, 2.05) is 0 Å². The molecule has 0 unspecified atom stereocenters. The number of rotatable bonds is 4. The highest BCUT2D eigenvalue weighted by Crippen LogP contribution is 2.18. The first kappa shape index (κ1) is 14.5. The van der Waals surface area contributed by atoms with Crippen molar-refractivity contribution in [2.24, 2.45) is 5.73 Å². The van der Waals surface area contributed by atoms with Gasteiger partial charge in [0.15, 0.2) is 0 Å². The summed E-state index contributed by atoms with van der Waals surface area (Å²) in [4.78, 5) is 21.9. The quantitative estimate of drug-likeness (QED) is 0.762. The smallest absolute Gasteiger partial charge is 0.335 e. The summed E-state index contributed by atoms with van der Waals surface area (Å²) in [5.74, 6) is -1.47. The lowest BCUT2D eigenvalue weighted by Gasteiger charge is -2.01. The van der Waals surface area contributed by atoms with E-state index in [1.165, 1.54) is 12.1 Å². The maximum atomic E-state index is 11.1. The van der Waals surface area contributed by atoms with Crippen LogP contribution in [-0.2, 0) is 0 Å². The van der Waals surface area contributed by atoms with Crippen LogP contribution >= 0.6 is 0 Å². The number of amides is 1. The van der Waals surface area contributed by atoms with E-state index >= 15 is 0 Å². The number of carbonyl (C=O) groups excluding carboxylic acids is 1. The second kappa shape index (κ2) is 5.72. The zero-order chi connectivity index (χ0) is 16.4. The molecule has 114 valence electrons. The van der Waals surface area contributed by atoms with E-state index in [0.717, 1.165) is 11.3 Å². The minimum Gasteiger partial charge on any atom is -0.478 e. The van der Waals surface area contributed by atoms with Crippen LogP contribution in [0.15, 0.2) is 54.7 Å². The standard InChI is InChI=1S/C16H12N4O3/c17-15(21)11-5-7-13(8-6-11)20-9-14(18-19-20)10-1-3-12(4-2-10)16(22)23/h1-9H,(H2,17,21)(H,22,23). The molecule has 1 amide bonds. The normalized spacial score (nSPS) is 10.4. The number of benzene rings is 2. The first-order chi connectivity index (χ1) is 11.0. The van der Waals surface area contributed by atoms with E-state index in [1.54, 1.807) is 47.3 Å². The molecule has 3 aromatic rings. The molecule has 1 aromatic heterocycles. The first-order valence-corrected chi connectivity index (χ1v) is 6.71. The zero-order valence-electron chi connectivity index (χ0n) is 11.9. The fourth-order valence-corrected chi connectivity index (χ4v) is 2.08. The van der Waals surface area contributed by atoms with Crippen LogP contribution in [0.3, 0.4) is 0 Å². The number of carboxylic acids is 1. The molecule has 23 heavy (non-hydrogen) atoms. The number of nitrogens with two attached hydrogens (primary N) is 1. The number of carbonyl (C=O) groups is 2. The summed E-state index contributed by atoms with van der Waals surface area (Å²) < 4.78 is 1.56. The Morgan fingerprint density at radius 2 is 1.57 bits per heavy atom. The van der Waals surface area contributed by atoms with Crippen LogP contribution < -0.4 is 5.73 Å². The minimum atomic E-state index is -0.977. The van der Waals surface area contributed by atoms with Crippen molar-refractivity contribution in [2.45, 2.75) is 0 Å². The SMILES string of the molecule is NC(=O)c1ccc(-n2cc(-c3ccc(C(=O)O)cc3)nn2)cc1. The number of primary amides is 1. The van der Waals surface area contributed by atoms with Crippen molar-refractivity contribution >= 4 is 11.9 Å². The molecular weight excluding hydrogens is 296 g/mol. The van der Waals surface area contributed by atoms with E-state index in [4.69, 9.17) is 10.8 Å². The summed E-state index contributed by atoms with van der Waals surface area (Å²) >= 11 is 0. The number of aromatic nitrogens is 3. The highest BCUT2D eigenvalue weighted by Gasteiger charge is 2.08. The molecule has 0 fully saturated rings. The Morgan fingerprint density at radius 3 is 2.13 bits per heavy atom. The molecule has 3 rings (SSSR count). The average molecular weight is 308 g/mol. The predicted molar refractivity (Wildman–Crippen MR) is 82.3 cm³/mol. The molecule has 0 spiro atoms. The van der Waals surface area contributed by atoms with Crippen molar-refractivity contribution in [1.82, 2.24) is 15.0 Å². The fraction of sp³-hybridized carbons (Fsp3) is 0. The van der Waals surface area contributed by atoms with E-state index in [9.17, 15) is 9.59 Å². The van der Waals surface area contributed by atoms with Crippen molar-refractivity contribution in [1.29, 1.82) is 0 Å². The van der Waals surface area contributed by atoms with E-state index in [-0.39, 0.29) is 5.56 Å². The zero-order valence-corrected chi connectivity index (χ0v) is 11.9. The third-order valence-corrected chi connectivity index (χ3v) is 3.34. The number of hydrogen-bond donors (Lipinski definition) is 2. The van der Waals surface area contributed by atoms with Gasteiger partial charge in [0.05, 0.1) is 17.4 Å². The Morgan fingerprint density at radius 1 is 0.957 bits per heavy atom. The largest absolute Gasteiger partial charge is 0.478 e. The molecule has 0 bridgehead atoms. The van der Waals surface area contributed by atoms with Gasteiger partial charge in [-0.25, -0.2) is 9.48 Å². The molecule has 0 aliphatic heterocycles. The summed E-state index contributed by atoms with van der Waals surface area (Å²) in [5, 5.41) is 17.0. The molecule has 1 heterocycles. The molecule has 7 heteroatoms. The number of hydrogen-bond acceptors (Lipinski definition) is 4. The number of aromatic carboxylic acids is 1. The van der Waals surface area contributed by atoms with Gasteiger partial charge in [0.2, 0.25) is 5.91 Å². The Kier molecular flexibility index (Phi) is 3.60. The lowest BCUT2D eigenvalue weighted by Crippen LogP contribution is -2.10. The molecule has 0 radical (unpaired) electrons. The van der Waals surface area contributed by atoms with Gasteiger partial charge in [0.25, 0.3) is 0 Å². The van der Waals surface area contributed by atoms with Crippen molar-refractivity contribution < 1.29 is 14.7 Å². The summed E-state index contributed by atoms with van der Waals surface area (Å²) in [6.07, 6.45) is 1.72. The van der Waals surface area contributed by atoms with Crippen LogP contribution in [0.25, 0.3) is 16.9 Å². The molecule has 0 aliphatic carbocycles. The van der Waals surface area contributed by atoms with Gasteiger partial charge in [-0.2, -0.15) is 0 Å². The highest BCUT2D eigenvalue weighted by atomic mass is 16.4. The van der Waals surface area contributed by atoms with Crippen LogP contribution in [0.1, 0.15) is 20.7 Å². The van der Waals surface area contributed by atoms with E-state index < -0.39 is 11.9 Å². The second-order valence-corrected chi connectivity index (χ2v) is 4.84. The van der Waals surface area contributed by atoms with Crippen LogP contribution in [0.4, 0.5) is 0 Å². The minimum absolute atomic E-state index is 0.211. The molecule has 7 nitrogen and oxygen atoms in total. The van der Waals surface area contributed by atoms with Crippen molar-refractivity contribution in [3.63, 3.8) is 0 Å². The van der Waals surface area contributed by atoms with Crippen molar-refractivity contribution in [3.8, 4) is 16.9 Å². The second-order valence-electron chi connectivity index (χ2n) is 4.84. The Balaban J connectivity index is 1.87. The molecule has 0 saturated heterocycles. The molecular formula is C16H12N4O3. The lowest BCUT2D eigenvalue weighted by atomic mass is 10.1. The maximum absolute atomic E-state index is 11.1. The van der Waals surface area contributed by atoms with Gasteiger partial charge in [-0.05, 0) is 36.4 Å². The Bertz CT molecular complexity index is 795. The summed E-state index contributed by atoms with van der Waals surface area (Å²) in [5.41, 5.74) is 7.93. The average Bonchev–Trinajstić information content (AvgIpc) is 3.05. The van der Waals surface area contributed by atoms with Crippen LogP contribution in [-0.4, -0.2) is 32.0 Å². The third kappa shape index (κ3) is 2.93. The monoisotopic (exact) mass is 308 g/mol. The fourth-order valence-electron chi connectivity index (χ4n) is 2.08. The van der Waals surface area contributed by atoms with Crippen LogP contribution in [0.5, 0.6) is 0 Å². The van der Waals surface area contributed by atoms with Gasteiger partial charge in [0, 0.05) is 11.1 Å². The van der Waals surface area contributed by atoms with Gasteiger partial charge >= 0.3 is 5.97 Å². The summed E-state index contributed by atoms with van der Waals surface area (Å²) in [7, 11) is 0. The first-order valence-electron chi connectivity index (χ1n) is 6.71. The maximum Gasteiger partial charge on any atom is 0.335 e. The summed E-state index contributed by atoms with van der Waals surface area (Å²) in [6, 6.07) is 13.0. The molecule has 2 aromatic carbocycles. The number of carboxylic acid groups (broad SMARTS) is 1. The van der Waals surface area contributed by atoms with Crippen molar-refractivity contribution in [2.75, 3.05) is 0 Å². The van der Waals surface area contributed by atoms with Gasteiger partial charge in [-0.1, -0.05) is 17.3 Å². The topological polar surface area (TPSA) is 111 Å². The van der Waals surface area contributed by atoms with Gasteiger partial charge in [0.1, 0.15) is 5.69 Å². The lowest BCUT2D eigenvalue weighted by molar-refractivity contribution is 0.0696. The highest BCUT2D eigenvalue weighted by molar-refractivity contribution is 5.92. The molecule has 0 saturated carbocycles. The third-order valence-electron chi connectivity index (χ3n) is 3.34. The van der Waals surface area contributed by atoms with Gasteiger partial charge in [-0.15, -0.1) is 5.10 Å². The predicted octanol–water partition coefficient (Wildman–Crippen LogP) is 1.73. The Labute approximate surface area is 131 Å². The van der Waals surface area contributed by atoms with E-state index in [0.29, 0.717) is 11.3 Å².